The topological polar surface area (TPSA) is 88.3 Å². The van der Waals surface area contributed by atoms with Crippen LogP contribution in [-0.2, 0) is 4.79 Å². The number of aryl methyl sites for hydroxylation is 1. The highest BCUT2D eigenvalue weighted by Gasteiger charge is 2.40. The fraction of sp³-hybridized carbons (Fsp3) is 0.474. The van der Waals surface area contributed by atoms with Crippen LogP contribution in [0.3, 0.4) is 0 Å². The van der Waals surface area contributed by atoms with Gasteiger partial charge in [-0.25, -0.2) is 0 Å². The zero-order chi connectivity index (χ0) is 18.7. The molecule has 2 atom stereocenters. The number of hydrogen-bond donors (Lipinski definition) is 1. The van der Waals surface area contributed by atoms with Crippen LogP contribution in [0.1, 0.15) is 54.9 Å². The molecule has 1 fully saturated rings. The summed E-state index contributed by atoms with van der Waals surface area (Å²) in [6.45, 7) is 6.47. The predicted molar refractivity (Wildman–Crippen MR) is 95.3 cm³/mol. The first-order valence-electron chi connectivity index (χ1n) is 8.84. The number of nitrogens with one attached hydrogen (secondary N) is 1. The van der Waals surface area contributed by atoms with Gasteiger partial charge in [0.1, 0.15) is 6.04 Å². The van der Waals surface area contributed by atoms with Crippen LogP contribution in [0, 0.1) is 12.3 Å². The van der Waals surface area contributed by atoms with Crippen molar-refractivity contribution >= 4 is 11.8 Å². The van der Waals surface area contributed by atoms with Crippen molar-refractivity contribution in [2.24, 2.45) is 5.41 Å². The molecule has 2 amide bonds. The second kappa shape index (κ2) is 7.27. The number of aromatic nitrogens is 2. The summed E-state index contributed by atoms with van der Waals surface area (Å²) in [6, 6.07) is 8.79. The highest BCUT2D eigenvalue weighted by molar-refractivity contribution is 5.95. The van der Waals surface area contributed by atoms with Crippen molar-refractivity contribution in [3.8, 4) is 0 Å². The molecule has 0 aliphatic carbocycles. The third kappa shape index (κ3) is 3.76. The lowest BCUT2D eigenvalue weighted by Gasteiger charge is -2.39. The fourth-order valence-corrected chi connectivity index (χ4v) is 3.28. The van der Waals surface area contributed by atoms with Gasteiger partial charge in [0.05, 0.1) is 5.41 Å². The summed E-state index contributed by atoms with van der Waals surface area (Å²) in [4.78, 5) is 27.4. The number of amides is 2. The number of nitrogens with zero attached hydrogens (tertiary/aromatic N) is 3. The molecule has 1 aliphatic heterocycles. The van der Waals surface area contributed by atoms with Crippen molar-refractivity contribution in [3.05, 3.63) is 47.7 Å². The van der Waals surface area contributed by atoms with E-state index in [0.717, 1.165) is 12.8 Å². The van der Waals surface area contributed by atoms with E-state index < -0.39 is 5.41 Å². The second-order valence-corrected chi connectivity index (χ2v) is 7.11. The van der Waals surface area contributed by atoms with E-state index >= 15 is 0 Å². The molecule has 0 bridgehead atoms. The first kappa shape index (κ1) is 18.1. The normalized spacial score (nSPS) is 21.3. The van der Waals surface area contributed by atoms with Crippen LogP contribution in [0.4, 0.5) is 0 Å². The quantitative estimate of drug-likeness (QED) is 0.909. The van der Waals surface area contributed by atoms with E-state index in [9.17, 15) is 9.59 Å². The molecule has 0 saturated carbocycles. The molecule has 0 spiro atoms. The lowest BCUT2D eigenvalue weighted by molar-refractivity contribution is -0.133. The molecule has 7 heteroatoms. The molecule has 1 N–H and O–H groups in total. The third-order valence-corrected chi connectivity index (χ3v) is 4.81. The molecule has 1 aliphatic rings. The van der Waals surface area contributed by atoms with Crippen LogP contribution in [0.2, 0.25) is 0 Å². The Hall–Kier alpha value is -2.70. The lowest BCUT2D eigenvalue weighted by atomic mass is 9.80. The van der Waals surface area contributed by atoms with Gasteiger partial charge in [-0.3, -0.25) is 9.59 Å². The number of hydrogen-bond acceptors (Lipinski definition) is 5. The lowest BCUT2D eigenvalue weighted by Crippen LogP contribution is -2.52. The zero-order valence-corrected chi connectivity index (χ0v) is 15.4. The van der Waals surface area contributed by atoms with E-state index in [2.05, 4.69) is 15.5 Å². The molecule has 3 rings (SSSR count). The van der Waals surface area contributed by atoms with Gasteiger partial charge in [0.15, 0.2) is 0 Å². The maximum atomic E-state index is 12.9. The zero-order valence-electron chi connectivity index (χ0n) is 15.4. The van der Waals surface area contributed by atoms with E-state index in [0.29, 0.717) is 30.4 Å². The van der Waals surface area contributed by atoms with Gasteiger partial charge in [-0.1, -0.05) is 18.2 Å². The van der Waals surface area contributed by atoms with E-state index in [1.165, 1.54) is 0 Å². The first-order valence-corrected chi connectivity index (χ1v) is 8.84. The van der Waals surface area contributed by atoms with Crippen molar-refractivity contribution in [2.75, 3.05) is 13.1 Å². The van der Waals surface area contributed by atoms with Crippen molar-refractivity contribution < 1.29 is 14.0 Å². The molecule has 1 aromatic carbocycles. The highest BCUT2D eigenvalue weighted by atomic mass is 16.4. The standard InChI is InChI=1S/C19H24N4O3/c1-13(16-22-21-14(2)26-16)20-18(25)19(3)10-7-11-23(12-19)17(24)15-8-5-4-6-9-15/h4-6,8-9,13H,7,10-12H2,1-3H3,(H,20,25)/t13-,19+/m0/s1. The molecule has 0 unspecified atom stereocenters. The third-order valence-electron chi connectivity index (χ3n) is 4.81. The number of carbonyl (C=O) groups is 2. The van der Waals surface area contributed by atoms with Crippen molar-refractivity contribution in [1.29, 1.82) is 0 Å². The summed E-state index contributed by atoms with van der Waals surface area (Å²) in [7, 11) is 0. The molecule has 0 radical (unpaired) electrons. The van der Waals surface area contributed by atoms with Gasteiger partial charge < -0.3 is 14.6 Å². The molecule has 1 saturated heterocycles. The van der Waals surface area contributed by atoms with Crippen molar-refractivity contribution in [2.45, 2.75) is 39.7 Å². The highest BCUT2D eigenvalue weighted by Crippen LogP contribution is 2.31. The Labute approximate surface area is 152 Å². The second-order valence-electron chi connectivity index (χ2n) is 7.11. The molecule has 2 heterocycles. The minimum Gasteiger partial charge on any atom is -0.423 e. The summed E-state index contributed by atoms with van der Waals surface area (Å²) in [5.74, 6) is 0.702. The first-order chi connectivity index (χ1) is 12.4. The van der Waals surface area contributed by atoms with Gasteiger partial charge in [0.25, 0.3) is 5.91 Å². The Balaban J connectivity index is 1.68. The number of carbonyl (C=O) groups excluding carboxylic acids is 2. The van der Waals surface area contributed by atoms with Crippen LogP contribution in [0.15, 0.2) is 34.7 Å². The Kier molecular flexibility index (Phi) is 5.06. The molecule has 138 valence electrons. The summed E-state index contributed by atoms with van der Waals surface area (Å²) in [5, 5.41) is 10.7. The summed E-state index contributed by atoms with van der Waals surface area (Å²) in [5.41, 5.74) is -0.00157. The van der Waals surface area contributed by atoms with Crippen LogP contribution < -0.4 is 5.32 Å². The minimum absolute atomic E-state index is 0.0371. The largest absolute Gasteiger partial charge is 0.423 e. The molecule has 2 aromatic rings. The van der Waals surface area contributed by atoms with E-state index in [4.69, 9.17) is 4.42 Å². The molecular formula is C19H24N4O3. The van der Waals surface area contributed by atoms with E-state index in [-0.39, 0.29) is 17.9 Å². The molecule has 7 nitrogen and oxygen atoms in total. The Morgan fingerprint density at radius 2 is 2.00 bits per heavy atom. The van der Waals surface area contributed by atoms with Crippen LogP contribution in [0.5, 0.6) is 0 Å². The summed E-state index contributed by atoms with van der Waals surface area (Å²) < 4.78 is 5.38. The SMILES string of the molecule is Cc1nnc([C@H](C)NC(=O)[C@]2(C)CCCN(C(=O)c3ccccc3)C2)o1. The number of rotatable bonds is 4. The number of benzene rings is 1. The average Bonchev–Trinajstić information content (AvgIpc) is 3.08. The van der Waals surface area contributed by atoms with Gasteiger partial charge >= 0.3 is 0 Å². The Morgan fingerprint density at radius 3 is 2.65 bits per heavy atom. The minimum atomic E-state index is -0.647. The number of likely N-dealkylation sites (tertiary alicyclic amines) is 1. The molecular weight excluding hydrogens is 332 g/mol. The summed E-state index contributed by atoms with van der Waals surface area (Å²) >= 11 is 0. The van der Waals surface area contributed by atoms with E-state index in [1.807, 2.05) is 32.0 Å². The predicted octanol–water partition coefficient (Wildman–Crippen LogP) is 2.50. The fourth-order valence-electron chi connectivity index (χ4n) is 3.28. The van der Waals surface area contributed by atoms with Crippen LogP contribution in [-0.4, -0.2) is 40.0 Å². The van der Waals surface area contributed by atoms with Gasteiger partial charge in [0, 0.05) is 25.6 Å². The van der Waals surface area contributed by atoms with Crippen molar-refractivity contribution in [1.82, 2.24) is 20.4 Å². The Bertz CT molecular complexity index is 789. The van der Waals surface area contributed by atoms with Gasteiger partial charge in [-0.2, -0.15) is 0 Å². The monoisotopic (exact) mass is 356 g/mol. The van der Waals surface area contributed by atoms with Crippen LogP contribution in [0.25, 0.3) is 0 Å². The molecule has 1 aromatic heterocycles. The van der Waals surface area contributed by atoms with Gasteiger partial charge in [0.2, 0.25) is 17.7 Å². The van der Waals surface area contributed by atoms with E-state index in [1.54, 1.807) is 24.0 Å². The maximum absolute atomic E-state index is 12.9. The smallest absolute Gasteiger partial charge is 0.253 e. The maximum Gasteiger partial charge on any atom is 0.253 e. The average molecular weight is 356 g/mol. The number of piperidine rings is 1. The van der Waals surface area contributed by atoms with Gasteiger partial charge in [-0.15, -0.1) is 10.2 Å². The van der Waals surface area contributed by atoms with Crippen LogP contribution >= 0.6 is 0 Å². The molecule has 26 heavy (non-hydrogen) atoms. The summed E-state index contributed by atoms with van der Waals surface area (Å²) in [6.07, 6.45) is 1.52. The Morgan fingerprint density at radius 1 is 1.27 bits per heavy atom. The van der Waals surface area contributed by atoms with Gasteiger partial charge in [-0.05, 0) is 38.8 Å². The van der Waals surface area contributed by atoms with Crippen molar-refractivity contribution in [3.63, 3.8) is 0 Å².